The van der Waals surface area contributed by atoms with Gasteiger partial charge in [0.05, 0.1) is 23.2 Å². The molecule has 1 aromatic rings. The van der Waals surface area contributed by atoms with Crippen molar-refractivity contribution in [2.75, 3.05) is 26.2 Å². The van der Waals surface area contributed by atoms with Gasteiger partial charge in [0.2, 0.25) is 0 Å². The van der Waals surface area contributed by atoms with Crippen LogP contribution in [0.3, 0.4) is 0 Å². The number of nitrogens with zero attached hydrogens (tertiary/aromatic N) is 1. The van der Waals surface area contributed by atoms with E-state index in [4.69, 9.17) is 4.74 Å². The van der Waals surface area contributed by atoms with Crippen molar-refractivity contribution in [2.45, 2.75) is 18.9 Å². The fourth-order valence-electron chi connectivity index (χ4n) is 1.99. The minimum Gasteiger partial charge on any atom is -0.376 e. The van der Waals surface area contributed by atoms with E-state index in [1.165, 1.54) is 11.4 Å². The fourth-order valence-corrected chi connectivity index (χ4v) is 2.70. The van der Waals surface area contributed by atoms with Crippen LogP contribution in [0.2, 0.25) is 0 Å². The van der Waals surface area contributed by atoms with E-state index < -0.39 is 4.92 Å². The summed E-state index contributed by atoms with van der Waals surface area (Å²) in [6.45, 7) is 2.81. The highest BCUT2D eigenvalue weighted by Crippen LogP contribution is 2.22. The first-order valence-corrected chi connectivity index (χ1v) is 7.38. The molecule has 1 amide bonds. The molecule has 1 fully saturated rings. The number of nitrogens with one attached hydrogen (secondary N) is 2. The molecule has 0 spiro atoms. The maximum Gasteiger partial charge on any atom is 0.324 e. The lowest BCUT2D eigenvalue weighted by atomic mass is 10.1. The molecule has 110 valence electrons. The van der Waals surface area contributed by atoms with Crippen molar-refractivity contribution in [3.8, 4) is 0 Å². The number of thiophene rings is 1. The first kappa shape index (κ1) is 14.9. The molecule has 1 aliphatic heterocycles. The third kappa shape index (κ3) is 4.26. The van der Waals surface area contributed by atoms with E-state index >= 15 is 0 Å². The van der Waals surface area contributed by atoms with E-state index in [0.717, 1.165) is 37.3 Å². The minimum atomic E-state index is -0.498. The van der Waals surface area contributed by atoms with E-state index in [2.05, 4.69) is 10.6 Å². The number of hydrogen-bond acceptors (Lipinski definition) is 6. The zero-order valence-electron chi connectivity index (χ0n) is 11.0. The van der Waals surface area contributed by atoms with Crippen molar-refractivity contribution >= 4 is 22.2 Å². The number of amides is 1. The molecule has 0 radical (unpaired) electrons. The molecule has 7 nitrogen and oxygen atoms in total. The van der Waals surface area contributed by atoms with E-state index in [-0.39, 0.29) is 17.0 Å². The summed E-state index contributed by atoms with van der Waals surface area (Å²) in [4.78, 5) is 21.8. The Kier molecular flexibility index (Phi) is 5.45. The van der Waals surface area contributed by atoms with Crippen molar-refractivity contribution in [3.63, 3.8) is 0 Å². The second-order valence-electron chi connectivity index (χ2n) is 4.51. The zero-order valence-corrected chi connectivity index (χ0v) is 11.8. The topological polar surface area (TPSA) is 93.5 Å². The van der Waals surface area contributed by atoms with Crippen molar-refractivity contribution in [1.29, 1.82) is 0 Å². The average Bonchev–Trinajstić information content (AvgIpc) is 2.94. The van der Waals surface area contributed by atoms with E-state index in [1.807, 2.05) is 0 Å². The van der Waals surface area contributed by atoms with Crippen molar-refractivity contribution in [2.24, 2.45) is 0 Å². The maximum atomic E-state index is 11.7. The number of carbonyl (C=O) groups is 1. The fraction of sp³-hybridized carbons (Fsp3) is 0.583. The van der Waals surface area contributed by atoms with Gasteiger partial charge >= 0.3 is 5.00 Å². The molecule has 2 heterocycles. The number of carbonyl (C=O) groups excluding carboxylic acids is 1. The molecule has 1 aliphatic rings. The van der Waals surface area contributed by atoms with Crippen LogP contribution >= 0.6 is 11.3 Å². The largest absolute Gasteiger partial charge is 0.376 e. The standard InChI is InChI=1S/C12H17N3O4S/c16-12(9-7-11(15(17)18)20-8-9)14-5-6-19-10-1-3-13-4-2-10/h7-8,10,13H,1-6H2,(H,14,16). The van der Waals surface area contributed by atoms with Gasteiger partial charge in [-0.1, -0.05) is 11.3 Å². The van der Waals surface area contributed by atoms with Gasteiger partial charge in [-0.05, 0) is 25.9 Å². The van der Waals surface area contributed by atoms with Gasteiger partial charge in [0.25, 0.3) is 5.91 Å². The zero-order chi connectivity index (χ0) is 14.4. The van der Waals surface area contributed by atoms with Gasteiger partial charge in [-0.2, -0.15) is 0 Å². The van der Waals surface area contributed by atoms with Gasteiger partial charge in [-0.15, -0.1) is 0 Å². The highest BCUT2D eigenvalue weighted by molar-refractivity contribution is 7.13. The molecule has 0 aliphatic carbocycles. The van der Waals surface area contributed by atoms with E-state index in [1.54, 1.807) is 0 Å². The molecule has 2 rings (SSSR count). The molecular formula is C12H17N3O4S. The van der Waals surface area contributed by atoms with Gasteiger partial charge in [0.1, 0.15) is 0 Å². The van der Waals surface area contributed by atoms with Crippen LogP contribution < -0.4 is 10.6 Å². The van der Waals surface area contributed by atoms with Crippen molar-refractivity contribution in [1.82, 2.24) is 10.6 Å². The summed E-state index contributed by atoms with van der Waals surface area (Å²) in [6.07, 6.45) is 2.24. The lowest BCUT2D eigenvalue weighted by molar-refractivity contribution is -0.380. The lowest BCUT2D eigenvalue weighted by Crippen LogP contribution is -2.34. The molecule has 0 atom stereocenters. The summed E-state index contributed by atoms with van der Waals surface area (Å²) in [7, 11) is 0. The van der Waals surface area contributed by atoms with Crippen LogP contribution in [-0.2, 0) is 4.74 Å². The Labute approximate surface area is 120 Å². The SMILES string of the molecule is O=C(NCCOC1CCNCC1)c1csc([N+](=O)[O-])c1. The molecule has 0 unspecified atom stereocenters. The van der Waals surface area contributed by atoms with Gasteiger partial charge in [-0.3, -0.25) is 14.9 Å². The molecule has 2 N–H and O–H groups in total. The third-order valence-electron chi connectivity index (χ3n) is 3.06. The lowest BCUT2D eigenvalue weighted by Gasteiger charge is -2.22. The Morgan fingerprint density at radius 2 is 2.30 bits per heavy atom. The highest BCUT2D eigenvalue weighted by Gasteiger charge is 2.15. The van der Waals surface area contributed by atoms with Gasteiger partial charge in [-0.25, -0.2) is 0 Å². The molecule has 1 saturated heterocycles. The van der Waals surface area contributed by atoms with Crippen LogP contribution in [-0.4, -0.2) is 43.2 Å². The molecular weight excluding hydrogens is 282 g/mol. The highest BCUT2D eigenvalue weighted by atomic mass is 32.1. The minimum absolute atomic E-state index is 0.0268. The normalized spacial score (nSPS) is 16.0. The van der Waals surface area contributed by atoms with E-state index in [0.29, 0.717) is 18.7 Å². The molecule has 0 saturated carbocycles. The molecule has 20 heavy (non-hydrogen) atoms. The summed E-state index contributed by atoms with van der Waals surface area (Å²) in [6, 6.07) is 1.29. The Morgan fingerprint density at radius 1 is 1.55 bits per heavy atom. The van der Waals surface area contributed by atoms with Crippen molar-refractivity contribution in [3.05, 3.63) is 27.1 Å². The summed E-state index contributed by atoms with van der Waals surface area (Å²) in [5.74, 6) is -0.303. The number of rotatable bonds is 6. The van der Waals surface area contributed by atoms with Crippen LogP contribution in [0.1, 0.15) is 23.2 Å². The summed E-state index contributed by atoms with van der Waals surface area (Å²) in [5, 5.41) is 17.9. The van der Waals surface area contributed by atoms with E-state index in [9.17, 15) is 14.9 Å². The quantitative estimate of drug-likeness (QED) is 0.467. The van der Waals surface area contributed by atoms with Gasteiger partial charge < -0.3 is 15.4 Å². The van der Waals surface area contributed by atoms with Crippen LogP contribution in [0, 0.1) is 10.1 Å². The summed E-state index contributed by atoms with van der Waals surface area (Å²) < 4.78 is 5.65. The molecule has 1 aromatic heterocycles. The van der Waals surface area contributed by atoms with Crippen LogP contribution in [0.15, 0.2) is 11.4 Å². The van der Waals surface area contributed by atoms with Gasteiger partial charge in [0, 0.05) is 18.0 Å². The summed E-state index contributed by atoms with van der Waals surface area (Å²) >= 11 is 0.950. The molecule has 0 bridgehead atoms. The maximum absolute atomic E-state index is 11.7. The van der Waals surface area contributed by atoms with Crippen LogP contribution in [0.4, 0.5) is 5.00 Å². The number of nitro groups is 1. The second-order valence-corrected chi connectivity index (χ2v) is 5.40. The van der Waals surface area contributed by atoms with Crippen LogP contribution in [0.25, 0.3) is 0 Å². The number of hydrogen-bond donors (Lipinski definition) is 2. The molecule has 8 heteroatoms. The number of ether oxygens (including phenoxy) is 1. The predicted octanol–water partition coefficient (Wildman–Crippen LogP) is 1.15. The van der Waals surface area contributed by atoms with Gasteiger partial charge in [0.15, 0.2) is 0 Å². The Bertz CT molecular complexity index is 471. The Hall–Kier alpha value is -1.51. The van der Waals surface area contributed by atoms with Crippen LogP contribution in [0.5, 0.6) is 0 Å². The Morgan fingerprint density at radius 3 is 2.95 bits per heavy atom. The first-order chi connectivity index (χ1) is 9.66. The number of piperidine rings is 1. The average molecular weight is 299 g/mol. The molecule has 0 aromatic carbocycles. The first-order valence-electron chi connectivity index (χ1n) is 6.50. The monoisotopic (exact) mass is 299 g/mol. The Balaban J connectivity index is 1.67. The smallest absolute Gasteiger partial charge is 0.324 e. The third-order valence-corrected chi connectivity index (χ3v) is 3.94. The predicted molar refractivity (Wildman–Crippen MR) is 75.2 cm³/mol. The van der Waals surface area contributed by atoms with Crippen molar-refractivity contribution < 1.29 is 14.5 Å². The summed E-state index contributed by atoms with van der Waals surface area (Å²) in [5.41, 5.74) is 0.323. The second kappa shape index (κ2) is 7.32.